The van der Waals surface area contributed by atoms with Crippen molar-refractivity contribution in [3.63, 3.8) is 0 Å². The van der Waals surface area contributed by atoms with Gasteiger partial charge < -0.3 is 29.9 Å². The summed E-state index contributed by atoms with van der Waals surface area (Å²) in [5.41, 5.74) is 0.106. The smallest absolute Gasteiger partial charge is 0.261 e. The molecule has 0 radical (unpaired) electrons. The normalized spacial score (nSPS) is 23.8. The summed E-state index contributed by atoms with van der Waals surface area (Å²) in [5.74, 6) is -0.464. The largest absolute Gasteiger partial charge is 0.507 e. The lowest BCUT2D eigenvalue weighted by molar-refractivity contribution is -0.133. The minimum absolute atomic E-state index is 0.0144. The number of benzene rings is 1. The second-order valence-electron chi connectivity index (χ2n) is 10.2. The van der Waals surface area contributed by atoms with Crippen molar-refractivity contribution in [2.45, 2.75) is 31.8 Å². The van der Waals surface area contributed by atoms with Crippen LogP contribution < -0.4 is 15.0 Å². The van der Waals surface area contributed by atoms with Crippen molar-refractivity contribution in [2.24, 2.45) is 5.92 Å². The topological polar surface area (TPSA) is 98.2 Å². The number of carbonyl (C=O) groups is 2. The predicted octanol–water partition coefficient (Wildman–Crippen LogP) is 2.50. The second-order valence-corrected chi connectivity index (χ2v) is 10.6. The average molecular weight is 530 g/mol. The summed E-state index contributed by atoms with van der Waals surface area (Å²) in [5, 5.41) is 13.8. The summed E-state index contributed by atoms with van der Waals surface area (Å²) in [4.78, 5) is 37.0. The Balaban J connectivity index is 1.48. The summed E-state index contributed by atoms with van der Waals surface area (Å²) in [7, 11) is 0. The van der Waals surface area contributed by atoms with Crippen LogP contribution in [0.5, 0.6) is 11.5 Å². The molecule has 3 aliphatic heterocycles. The molecule has 1 aliphatic carbocycles. The van der Waals surface area contributed by atoms with E-state index in [2.05, 4.69) is 5.32 Å². The van der Waals surface area contributed by atoms with Crippen molar-refractivity contribution in [3.05, 3.63) is 34.6 Å². The maximum Gasteiger partial charge on any atom is 0.261 e. The number of piperazine rings is 2. The lowest BCUT2D eigenvalue weighted by Crippen LogP contribution is -2.56. The van der Waals surface area contributed by atoms with Gasteiger partial charge >= 0.3 is 0 Å². The zero-order chi connectivity index (χ0) is 25.8. The Labute approximate surface area is 219 Å². The number of nitrogens with zero attached hydrogens (tertiary/aromatic N) is 4. The molecule has 0 unspecified atom stereocenters. The molecule has 3 fully saturated rings. The summed E-state index contributed by atoms with van der Waals surface area (Å²) in [6.45, 7) is 5.37. The first-order valence-electron chi connectivity index (χ1n) is 12.8. The SMILES string of the molecule is C[C@H]1CN(C(=O)C2CC2)CCN1c1nc(-c2c(O)cccc2F)c(Cl)c2c1C(=O)N1CCNC[C@@H]1CO2. The minimum atomic E-state index is -0.685. The van der Waals surface area contributed by atoms with E-state index in [1.165, 1.54) is 18.2 Å². The van der Waals surface area contributed by atoms with Crippen LogP contribution in [0.15, 0.2) is 18.2 Å². The zero-order valence-corrected chi connectivity index (χ0v) is 21.3. The lowest BCUT2D eigenvalue weighted by Gasteiger charge is -2.41. The quantitative estimate of drug-likeness (QED) is 0.630. The van der Waals surface area contributed by atoms with Gasteiger partial charge in [0.1, 0.15) is 40.3 Å². The number of fused-ring (bicyclic) bond motifs is 2. The third kappa shape index (κ3) is 4.16. The van der Waals surface area contributed by atoms with E-state index >= 15 is 0 Å². The highest BCUT2D eigenvalue weighted by atomic mass is 35.5. The van der Waals surface area contributed by atoms with Gasteiger partial charge in [-0.1, -0.05) is 17.7 Å². The van der Waals surface area contributed by atoms with E-state index in [-0.39, 0.29) is 69.8 Å². The van der Waals surface area contributed by atoms with Crippen LogP contribution in [0.2, 0.25) is 5.02 Å². The van der Waals surface area contributed by atoms with Crippen LogP contribution in [0.4, 0.5) is 10.2 Å². The number of rotatable bonds is 3. The van der Waals surface area contributed by atoms with E-state index in [0.717, 1.165) is 12.8 Å². The fraction of sp³-hybridized carbons (Fsp3) is 0.500. The van der Waals surface area contributed by atoms with Crippen LogP contribution in [-0.4, -0.2) is 89.7 Å². The Morgan fingerprint density at radius 2 is 2.03 bits per heavy atom. The number of aromatic nitrogens is 1. The number of phenolic OH excluding ortho intramolecular Hbond substituents is 1. The second kappa shape index (κ2) is 9.33. The minimum Gasteiger partial charge on any atom is -0.507 e. The lowest BCUT2D eigenvalue weighted by atomic mass is 10.0. The molecule has 4 aliphatic rings. The fourth-order valence-corrected chi connectivity index (χ4v) is 5.83. The van der Waals surface area contributed by atoms with Crippen molar-refractivity contribution in [3.8, 4) is 22.8 Å². The van der Waals surface area contributed by atoms with Gasteiger partial charge in [0.05, 0.1) is 11.6 Å². The highest BCUT2D eigenvalue weighted by Crippen LogP contribution is 2.46. The van der Waals surface area contributed by atoms with E-state index < -0.39 is 5.82 Å². The first-order chi connectivity index (χ1) is 17.8. The molecule has 2 N–H and O–H groups in total. The van der Waals surface area contributed by atoms with Gasteiger partial charge in [-0.15, -0.1) is 0 Å². The number of halogens is 2. The number of carbonyl (C=O) groups excluding carboxylic acids is 2. The molecule has 1 aromatic carbocycles. The number of anilines is 1. The van der Waals surface area contributed by atoms with Crippen LogP contribution in [0.3, 0.4) is 0 Å². The first-order valence-corrected chi connectivity index (χ1v) is 13.1. The van der Waals surface area contributed by atoms with Crippen LogP contribution >= 0.6 is 11.6 Å². The zero-order valence-electron chi connectivity index (χ0n) is 20.5. The molecule has 0 spiro atoms. The number of phenols is 1. The number of amides is 2. The number of nitrogens with one attached hydrogen (secondary N) is 1. The Bertz CT molecular complexity index is 1250. The van der Waals surface area contributed by atoms with E-state index in [1.807, 2.05) is 16.7 Å². The standard InChI is InChI=1S/C26H29ClFN5O4/c1-14-12-31(25(35)15-5-6-15)9-10-32(14)24-20-23(37-13-16-11-29-7-8-33(16)26(20)36)21(27)22(30-24)19-17(28)3-2-4-18(19)34/h2-4,14-16,29,34H,5-13H2,1H3/t14-,16+/m0/s1. The number of pyridine rings is 1. The number of hydrogen-bond acceptors (Lipinski definition) is 7. The van der Waals surface area contributed by atoms with Crippen molar-refractivity contribution in [1.82, 2.24) is 20.1 Å². The predicted molar refractivity (Wildman–Crippen MR) is 136 cm³/mol. The molecule has 196 valence electrons. The monoisotopic (exact) mass is 529 g/mol. The molecule has 11 heteroatoms. The molecule has 2 atom stereocenters. The molecule has 2 saturated heterocycles. The molecule has 2 amide bonds. The molecule has 2 aromatic rings. The van der Waals surface area contributed by atoms with Crippen LogP contribution in [0, 0.1) is 11.7 Å². The van der Waals surface area contributed by atoms with Gasteiger partial charge in [0, 0.05) is 51.2 Å². The molecule has 4 heterocycles. The highest BCUT2D eigenvalue weighted by molar-refractivity contribution is 6.35. The summed E-state index contributed by atoms with van der Waals surface area (Å²) in [6, 6.07) is 3.64. The molecule has 1 saturated carbocycles. The van der Waals surface area contributed by atoms with E-state index in [4.69, 9.17) is 21.3 Å². The Kier molecular flexibility index (Phi) is 6.11. The fourth-order valence-electron chi connectivity index (χ4n) is 5.54. The summed E-state index contributed by atoms with van der Waals surface area (Å²) >= 11 is 6.77. The Morgan fingerprint density at radius 1 is 1.22 bits per heavy atom. The molecule has 37 heavy (non-hydrogen) atoms. The van der Waals surface area contributed by atoms with Gasteiger partial charge in [-0.25, -0.2) is 9.37 Å². The van der Waals surface area contributed by atoms with Crippen molar-refractivity contribution in [1.29, 1.82) is 0 Å². The molecular formula is C26H29ClFN5O4. The Hall–Kier alpha value is -3.11. The van der Waals surface area contributed by atoms with Gasteiger partial charge in [0.2, 0.25) is 5.91 Å². The van der Waals surface area contributed by atoms with Crippen LogP contribution in [0.1, 0.15) is 30.1 Å². The van der Waals surface area contributed by atoms with Crippen LogP contribution in [-0.2, 0) is 4.79 Å². The third-order valence-electron chi connectivity index (χ3n) is 7.69. The van der Waals surface area contributed by atoms with Crippen LogP contribution in [0.25, 0.3) is 11.3 Å². The maximum absolute atomic E-state index is 15.0. The molecule has 0 bridgehead atoms. The maximum atomic E-state index is 15.0. The average Bonchev–Trinajstić information content (AvgIpc) is 3.74. The van der Waals surface area contributed by atoms with Gasteiger partial charge in [0.25, 0.3) is 5.91 Å². The third-order valence-corrected chi connectivity index (χ3v) is 8.04. The van der Waals surface area contributed by atoms with Crippen molar-refractivity contribution in [2.75, 3.05) is 50.8 Å². The summed E-state index contributed by atoms with van der Waals surface area (Å²) in [6.07, 6.45) is 1.87. The van der Waals surface area contributed by atoms with Gasteiger partial charge in [-0.3, -0.25) is 9.59 Å². The van der Waals surface area contributed by atoms with E-state index in [9.17, 15) is 19.1 Å². The molecule has 1 aromatic heterocycles. The van der Waals surface area contributed by atoms with Gasteiger partial charge in [-0.05, 0) is 31.9 Å². The molecule has 6 rings (SSSR count). The highest BCUT2D eigenvalue weighted by Gasteiger charge is 2.41. The van der Waals surface area contributed by atoms with Crippen molar-refractivity contribution < 1.29 is 23.8 Å². The number of hydrogen-bond donors (Lipinski definition) is 2. The van der Waals surface area contributed by atoms with E-state index in [0.29, 0.717) is 45.1 Å². The Morgan fingerprint density at radius 3 is 2.76 bits per heavy atom. The molecule has 9 nitrogen and oxygen atoms in total. The van der Waals surface area contributed by atoms with E-state index in [1.54, 1.807) is 4.90 Å². The molecular weight excluding hydrogens is 501 g/mol. The summed E-state index contributed by atoms with van der Waals surface area (Å²) < 4.78 is 21.1. The number of aromatic hydroxyl groups is 1. The van der Waals surface area contributed by atoms with Gasteiger partial charge in [-0.2, -0.15) is 0 Å². The van der Waals surface area contributed by atoms with Crippen molar-refractivity contribution >= 4 is 29.2 Å². The first kappa shape index (κ1) is 24.2. The number of ether oxygens (including phenoxy) is 1. The van der Waals surface area contributed by atoms with Gasteiger partial charge in [0.15, 0.2) is 5.75 Å².